The first-order valence-electron chi connectivity index (χ1n) is 14.4. The summed E-state index contributed by atoms with van der Waals surface area (Å²) in [5, 5.41) is 2.88. The Kier molecular flexibility index (Phi) is 9.20. The SMILES string of the molecule is CC(=O)N1CC(c2ccc(OC(F)F)c(OCC3CC3)c2)CC1C(=O)NCc1cccc(C(=O)N2CCN(C)CC2)n1. The molecular formula is C30H37F2N5O5. The molecule has 1 aromatic carbocycles. The Bertz CT molecular complexity index is 1300. The van der Waals surface area contributed by atoms with Crippen molar-refractivity contribution in [1.29, 1.82) is 0 Å². The van der Waals surface area contributed by atoms with Gasteiger partial charge in [-0.3, -0.25) is 14.4 Å². The van der Waals surface area contributed by atoms with Gasteiger partial charge in [-0.05, 0) is 62.1 Å². The van der Waals surface area contributed by atoms with Crippen molar-refractivity contribution in [3.05, 3.63) is 53.3 Å². The summed E-state index contributed by atoms with van der Waals surface area (Å²) in [6.07, 6.45) is 2.45. The number of benzene rings is 1. The average Bonchev–Trinajstić information content (AvgIpc) is 3.70. The van der Waals surface area contributed by atoms with Crippen molar-refractivity contribution in [2.75, 3.05) is 46.4 Å². The Balaban J connectivity index is 1.23. The van der Waals surface area contributed by atoms with E-state index < -0.39 is 12.7 Å². The Morgan fingerprint density at radius 2 is 1.83 bits per heavy atom. The summed E-state index contributed by atoms with van der Waals surface area (Å²) in [6.45, 7) is 2.15. The van der Waals surface area contributed by atoms with Gasteiger partial charge in [-0.1, -0.05) is 12.1 Å². The van der Waals surface area contributed by atoms with Crippen molar-refractivity contribution in [1.82, 2.24) is 25.0 Å². The molecule has 3 fully saturated rings. The number of likely N-dealkylation sites (tertiary alicyclic amines) is 1. The normalized spacial score (nSPS) is 21.0. The van der Waals surface area contributed by atoms with Crippen molar-refractivity contribution in [2.24, 2.45) is 5.92 Å². The summed E-state index contributed by atoms with van der Waals surface area (Å²) in [4.78, 5) is 48.7. The lowest BCUT2D eigenvalue weighted by molar-refractivity contribution is -0.136. The van der Waals surface area contributed by atoms with Crippen LogP contribution in [0.3, 0.4) is 0 Å². The smallest absolute Gasteiger partial charge is 0.387 e. The van der Waals surface area contributed by atoms with Gasteiger partial charge in [0.05, 0.1) is 18.8 Å². The maximum Gasteiger partial charge on any atom is 0.387 e. The highest BCUT2D eigenvalue weighted by Crippen LogP contribution is 2.39. The zero-order valence-electron chi connectivity index (χ0n) is 23.9. The molecule has 42 heavy (non-hydrogen) atoms. The molecular weight excluding hydrogens is 548 g/mol. The van der Waals surface area contributed by atoms with Crippen LogP contribution in [-0.2, 0) is 16.1 Å². The number of ether oxygens (including phenoxy) is 2. The molecule has 0 radical (unpaired) electrons. The lowest BCUT2D eigenvalue weighted by Gasteiger charge is -2.32. The molecule has 3 amide bonds. The van der Waals surface area contributed by atoms with Crippen LogP contribution >= 0.6 is 0 Å². The van der Waals surface area contributed by atoms with Gasteiger partial charge in [-0.25, -0.2) is 4.98 Å². The van der Waals surface area contributed by atoms with E-state index in [1.807, 2.05) is 7.05 Å². The molecule has 2 saturated heterocycles. The van der Waals surface area contributed by atoms with Crippen LogP contribution in [0.2, 0.25) is 0 Å². The first-order valence-corrected chi connectivity index (χ1v) is 14.4. The number of alkyl halides is 2. The molecule has 0 spiro atoms. The fourth-order valence-electron chi connectivity index (χ4n) is 5.42. The summed E-state index contributed by atoms with van der Waals surface area (Å²) in [5.74, 6) is -0.281. The third-order valence-corrected chi connectivity index (χ3v) is 8.10. The fourth-order valence-corrected chi connectivity index (χ4v) is 5.42. The van der Waals surface area contributed by atoms with Crippen molar-refractivity contribution in [2.45, 2.75) is 51.3 Å². The molecule has 2 atom stereocenters. The number of pyridine rings is 1. The average molecular weight is 586 g/mol. The molecule has 2 aliphatic heterocycles. The lowest BCUT2D eigenvalue weighted by Crippen LogP contribution is -2.47. The zero-order valence-corrected chi connectivity index (χ0v) is 23.9. The number of halogens is 2. The predicted octanol–water partition coefficient (Wildman–Crippen LogP) is 2.88. The number of carbonyl (C=O) groups excluding carboxylic acids is 3. The van der Waals surface area contributed by atoms with Crippen LogP contribution in [0.15, 0.2) is 36.4 Å². The second-order valence-electron chi connectivity index (χ2n) is 11.3. The van der Waals surface area contributed by atoms with Crippen LogP contribution in [-0.4, -0.2) is 96.4 Å². The maximum atomic E-state index is 13.3. The first-order chi connectivity index (χ1) is 20.2. The van der Waals surface area contributed by atoms with E-state index in [0.717, 1.165) is 31.5 Å². The highest BCUT2D eigenvalue weighted by Gasteiger charge is 2.39. The molecule has 1 saturated carbocycles. The molecule has 0 bridgehead atoms. The Labute approximate surface area is 243 Å². The van der Waals surface area contributed by atoms with Crippen molar-refractivity contribution in [3.63, 3.8) is 0 Å². The second-order valence-corrected chi connectivity index (χ2v) is 11.3. The first kappa shape index (κ1) is 29.7. The van der Waals surface area contributed by atoms with Crippen LogP contribution in [0.25, 0.3) is 0 Å². The molecule has 3 aliphatic rings. The topological polar surface area (TPSA) is 104 Å². The van der Waals surface area contributed by atoms with Crippen molar-refractivity contribution in [3.8, 4) is 11.5 Å². The maximum absolute atomic E-state index is 13.3. The summed E-state index contributed by atoms with van der Waals surface area (Å²) in [7, 11) is 2.02. The third-order valence-electron chi connectivity index (χ3n) is 8.10. The van der Waals surface area contributed by atoms with Crippen molar-refractivity contribution < 1.29 is 32.6 Å². The van der Waals surface area contributed by atoms with E-state index in [1.54, 1.807) is 35.2 Å². The van der Waals surface area contributed by atoms with Gasteiger partial charge >= 0.3 is 6.61 Å². The van der Waals surface area contributed by atoms with E-state index >= 15 is 0 Å². The number of likely N-dealkylation sites (N-methyl/N-ethyl adjacent to an activating group) is 1. The number of amides is 3. The zero-order chi connectivity index (χ0) is 29.8. The van der Waals surface area contributed by atoms with E-state index in [0.29, 0.717) is 50.0 Å². The van der Waals surface area contributed by atoms with Crippen molar-refractivity contribution >= 4 is 17.7 Å². The quantitative estimate of drug-likeness (QED) is 0.457. The van der Waals surface area contributed by atoms with Gasteiger partial charge in [0.2, 0.25) is 11.8 Å². The minimum Gasteiger partial charge on any atom is -0.489 e. The lowest BCUT2D eigenvalue weighted by atomic mass is 9.95. The van der Waals surface area contributed by atoms with Gasteiger partial charge in [0.25, 0.3) is 5.91 Å². The van der Waals surface area contributed by atoms with Crippen LogP contribution in [0, 0.1) is 5.92 Å². The minimum atomic E-state index is -2.98. The van der Waals surface area contributed by atoms with Gasteiger partial charge in [-0.2, -0.15) is 8.78 Å². The molecule has 226 valence electrons. The van der Waals surface area contributed by atoms with Crippen LogP contribution < -0.4 is 14.8 Å². The summed E-state index contributed by atoms with van der Waals surface area (Å²) in [6, 6.07) is 9.26. The molecule has 3 heterocycles. The van der Waals surface area contributed by atoms with Crippen LogP contribution in [0.1, 0.15) is 53.8 Å². The Morgan fingerprint density at radius 3 is 2.52 bits per heavy atom. The molecule has 1 aliphatic carbocycles. The number of hydrogen-bond donors (Lipinski definition) is 1. The monoisotopic (exact) mass is 585 g/mol. The molecule has 1 aromatic heterocycles. The van der Waals surface area contributed by atoms with E-state index in [2.05, 4.69) is 19.9 Å². The van der Waals surface area contributed by atoms with Gasteiger partial charge in [0, 0.05) is 45.6 Å². The Hall–Kier alpha value is -3.80. The van der Waals surface area contributed by atoms with Gasteiger partial charge in [0.15, 0.2) is 11.5 Å². The summed E-state index contributed by atoms with van der Waals surface area (Å²) < 4.78 is 36.4. The molecule has 1 N–H and O–H groups in total. The van der Waals surface area contributed by atoms with Gasteiger partial charge < -0.3 is 29.5 Å². The molecule has 12 heteroatoms. The highest BCUT2D eigenvalue weighted by atomic mass is 19.3. The summed E-state index contributed by atoms with van der Waals surface area (Å²) in [5.41, 5.74) is 1.65. The van der Waals surface area contributed by atoms with E-state index in [1.165, 1.54) is 17.9 Å². The third kappa shape index (κ3) is 7.33. The molecule has 5 rings (SSSR count). The number of nitrogens with zero attached hydrogens (tertiary/aromatic N) is 4. The van der Waals surface area contributed by atoms with E-state index in [4.69, 9.17) is 4.74 Å². The van der Waals surface area contributed by atoms with Gasteiger partial charge in [-0.15, -0.1) is 0 Å². The largest absolute Gasteiger partial charge is 0.489 e. The number of hydrogen-bond acceptors (Lipinski definition) is 7. The summed E-state index contributed by atoms with van der Waals surface area (Å²) >= 11 is 0. The predicted molar refractivity (Wildman–Crippen MR) is 149 cm³/mol. The van der Waals surface area contributed by atoms with E-state index in [-0.39, 0.29) is 41.7 Å². The number of piperazine rings is 1. The van der Waals surface area contributed by atoms with Crippen LogP contribution in [0.5, 0.6) is 11.5 Å². The number of nitrogens with one attached hydrogen (secondary N) is 1. The minimum absolute atomic E-state index is 0.0362. The highest BCUT2D eigenvalue weighted by molar-refractivity contribution is 5.92. The second kappa shape index (κ2) is 13.0. The molecule has 2 unspecified atom stereocenters. The Morgan fingerprint density at radius 1 is 1.07 bits per heavy atom. The number of carbonyl (C=O) groups is 3. The number of aromatic nitrogens is 1. The van der Waals surface area contributed by atoms with Crippen LogP contribution in [0.4, 0.5) is 8.78 Å². The fraction of sp³-hybridized carbons (Fsp3) is 0.533. The van der Waals surface area contributed by atoms with Gasteiger partial charge in [0.1, 0.15) is 11.7 Å². The standard InChI is InChI=1S/C30H37F2N5O5/c1-19(38)37-17-22(21-8-9-26(42-30(31)32)27(15-21)41-18-20-6-7-20)14-25(37)28(39)33-16-23-4-3-5-24(34-23)29(40)36-12-10-35(2)11-13-36/h3-5,8-9,15,20,22,25,30H,6-7,10-14,16-18H2,1-2H3,(H,33,39). The molecule has 10 nitrogen and oxygen atoms in total. The molecule has 2 aromatic rings. The van der Waals surface area contributed by atoms with E-state index in [9.17, 15) is 23.2 Å². The number of rotatable bonds is 10.